The van der Waals surface area contributed by atoms with Crippen LogP contribution in [0.25, 0.3) is 0 Å². The number of rotatable bonds is 11. The molecule has 0 atom stereocenters. The van der Waals surface area contributed by atoms with Gasteiger partial charge in [0.15, 0.2) is 5.96 Å². The highest BCUT2D eigenvalue weighted by Gasteiger charge is 2.00. The van der Waals surface area contributed by atoms with Gasteiger partial charge in [-0.3, -0.25) is 4.99 Å². The lowest BCUT2D eigenvalue weighted by atomic mass is 10.3. The molecule has 0 unspecified atom stereocenters. The third-order valence-corrected chi connectivity index (χ3v) is 4.18. The van der Waals surface area contributed by atoms with E-state index in [1.807, 2.05) is 6.92 Å². The zero-order valence-corrected chi connectivity index (χ0v) is 15.0. The molecular formula is C16H30N4OS. The van der Waals surface area contributed by atoms with Crippen LogP contribution in [-0.2, 0) is 11.2 Å². The Morgan fingerprint density at radius 1 is 1.23 bits per heavy atom. The van der Waals surface area contributed by atoms with Gasteiger partial charge in [0.1, 0.15) is 0 Å². The minimum Gasteiger partial charge on any atom is -0.381 e. The number of aromatic nitrogens is 1. The lowest BCUT2D eigenvalue weighted by Crippen LogP contribution is -2.38. The van der Waals surface area contributed by atoms with Gasteiger partial charge in [0, 0.05) is 50.8 Å². The number of hydrogen-bond acceptors (Lipinski definition) is 4. The van der Waals surface area contributed by atoms with E-state index >= 15 is 0 Å². The molecule has 0 fully saturated rings. The van der Waals surface area contributed by atoms with E-state index in [0.29, 0.717) is 0 Å². The van der Waals surface area contributed by atoms with Crippen molar-refractivity contribution < 1.29 is 4.74 Å². The van der Waals surface area contributed by atoms with Crippen LogP contribution in [0.4, 0.5) is 0 Å². The summed E-state index contributed by atoms with van der Waals surface area (Å²) in [5, 5.41) is 9.96. The number of guanidine groups is 1. The van der Waals surface area contributed by atoms with Gasteiger partial charge < -0.3 is 15.4 Å². The number of nitrogens with one attached hydrogen (secondary N) is 2. The van der Waals surface area contributed by atoms with E-state index in [1.165, 1.54) is 11.4 Å². The second-order valence-corrected chi connectivity index (χ2v) is 6.17. The Morgan fingerprint density at radius 3 is 2.59 bits per heavy atom. The molecule has 0 saturated carbocycles. The molecule has 0 aromatic carbocycles. The van der Waals surface area contributed by atoms with Crippen molar-refractivity contribution in [2.45, 2.75) is 46.0 Å². The van der Waals surface area contributed by atoms with Gasteiger partial charge in [0.05, 0.1) is 5.01 Å². The summed E-state index contributed by atoms with van der Waals surface area (Å²) in [7, 11) is 1.80. The summed E-state index contributed by atoms with van der Waals surface area (Å²) in [6.45, 7) is 7.70. The molecule has 1 aromatic rings. The second-order valence-electron chi connectivity index (χ2n) is 5.23. The first-order chi connectivity index (χ1) is 10.8. The van der Waals surface area contributed by atoms with Crippen LogP contribution in [0.5, 0.6) is 0 Å². The van der Waals surface area contributed by atoms with E-state index in [4.69, 9.17) is 4.74 Å². The molecule has 1 heterocycles. The highest BCUT2D eigenvalue weighted by atomic mass is 32.1. The first kappa shape index (κ1) is 18.9. The average Bonchev–Trinajstić information content (AvgIpc) is 2.94. The Hall–Kier alpha value is -1.14. The Balaban J connectivity index is 2.00. The largest absolute Gasteiger partial charge is 0.381 e. The van der Waals surface area contributed by atoms with Gasteiger partial charge in [-0.2, -0.15) is 0 Å². The topological polar surface area (TPSA) is 58.5 Å². The fraction of sp³-hybridized carbons (Fsp3) is 0.750. The molecule has 2 N–H and O–H groups in total. The molecule has 0 aliphatic rings. The van der Waals surface area contributed by atoms with Crippen molar-refractivity contribution in [3.63, 3.8) is 0 Å². The standard InChI is InChI=1S/C16H30N4OS/c1-4-5-11-21-12-7-10-19-16(17-3)18-9-6-8-15-20-14(2)13-22-15/h13H,4-12H2,1-3H3,(H2,17,18,19). The van der Waals surface area contributed by atoms with Crippen molar-refractivity contribution in [2.75, 3.05) is 33.4 Å². The number of aryl methyl sites for hydroxylation is 2. The van der Waals surface area contributed by atoms with Crippen molar-refractivity contribution in [3.8, 4) is 0 Å². The summed E-state index contributed by atoms with van der Waals surface area (Å²) in [5.74, 6) is 0.865. The number of nitrogens with zero attached hydrogens (tertiary/aromatic N) is 2. The minimum absolute atomic E-state index is 0.813. The van der Waals surface area contributed by atoms with Gasteiger partial charge in [-0.15, -0.1) is 11.3 Å². The van der Waals surface area contributed by atoms with Crippen LogP contribution in [0.15, 0.2) is 10.4 Å². The predicted molar refractivity (Wildman–Crippen MR) is 94.9 cm³/mol. The fourth-order valence-corrected chi connectivity index (χ4v) is 2.73. The van der Waals surface area contributed by atoms with Crippen LogP contribution < -0.4 is 10.6 Å². The predicted octanol–water partition coefficient (Wildman–Crippen LogP) is 2.76. The summed E-state index contributed by atoms with van der Waals surface area (Å²) in [4.78, 5) is 8.69. The monoisotopic (exact) mass is 326 g/mol. The summed E-state index contributed by atoms with van der Waals surface area (Å²) in [6.07, 6.45) is 5.43. The lowest BCUT2D eigenvalue weighted by Gasteiger charge is -2.11. The molecule has 0 amide bonds. The zero-order chi connectivity index (χ0) is 16.0. The maximum atomic E-state index is 5.53. The molecule has 126 valence electrons. The highest BCUT2D eigenvalue weighted by Crippen LogP contribution is 2.10. The van der Waals surface area contributed by atoms with Crippen LogP contribution in [0.2, 0.25) is 0 Å². The molecule has 22 heavy (non-hydrogen) atoms. The normalized spacial score (nSPS) is 11.7. The van der Waals surface area contributed by atoms with Gasteiger partial charge >= 0.3 is 0 Å². The Kier molecular flexibility index (Phi) is 10.7. The van der Waals surface area contributed by atoms with E-state index in [0.717, 1.165) is 63.6 Å². The van der Waals surface area contributed by atoms with Gasteiger partial charge in [-0.05, 0) is 26.2 Å². The van der Waals surface area contributed by atoms with Gasteiger partial charge in [-0.25, -0.2) is 4.98 Å². The summed E-state index contributed by atoms with van der Waals surface area (Å²) in [6, 6.07) is 0. The molecule has 1 rings (SSSR count). The van der Waals surface area contributed by atoms with Crippen LogP contribution in [0, 0.1) is 6.92 Å². The number of ether oxygens (including phenoxy) is 1. The molecule has 0 aliphatic carbocycles. The van der Waals surface area contributed by atoms with Crippen LogP contribution in [0.3, 0.4) is 0 Å². The Labute approximate surface area is 138 Å². The van der Waals surface area contributed by atoms with E-state index in [9.17, 15) is 0 Å². The summed E-state index contributed by atoms with van der Waals surface area (Å²) >= 11 is 1.74. The quantitative estimate of drug-likeness (QED) is 0.373. The van der Waals surface area contributed by atoms with E-state index in [-0.39, 0.29) is 0 Å². The van der Waals surface area contributed by atoms with E-state index in [2.05, 4.69) is 32.9 Å². The number of thiazole rings is 1. The van der Waals surface area contributed by atoms with Crippen LogP contribution >= 0.6 is 11.3 Å². The maximum Gasteiger partial charge on any atom is 0.190 e. The van der Waals surface area contributed by atoms with E-state index < -0.39 is 0 Å². The van der Waals surface area contributed by atoms with Crippen molar-refractivity contribution in [2.24, 2.45) is 4.99 Å². The molecule has 5 nitrogen and oxygen atoms in total. The Bertz CT molecular complexity index is 420. The molecule has 6 heteroatoms. The number of hydrogen-bond donors (Lipinski definition) is 2. The highest BCUT2D eigenvalue weighted by molar-refractivity contribution is 7.09. The SMILES string of the molecule is CCCCOCCCNC(=NC)NCCCc1nc(C)cs1. The van der Waals surface area contributed by atoms with Gasteiger partial charge in [0.25, 0.3) is 0 Å². The molecule has 0 saturated heterocycles. The zero-order valence-electron chi connectivity index (χ0n) is 14.2. The molecule has 1 aromatic heterocycles. The smallest absolute Gasteiger partial charge is 0.190 e. The van der Waals surface area contributed by atoms with Gasteiger partial charge in [-0.1, -0.05) is 13.3 Å². The van der Waals surface area contributed by atoms with E-state index in [1.54, 1.807) is 18.4 Å². The summed E-state index contributed by atoms with van der Waals surface area (Å²) < 4.78 is 5.53. The van der Waals surface area contributed by atoms with Gasteiger partial charge in [0.2, 0.25) is 0 Å². The van der Waals surface area contributed by atoms with Crippen molar-refractivity contribution in [1.82, 2.24) is 15.6 Å². The minimum atomic E-state index is 0.813. The fourth-order valence-electron chi connectivity index (χ4n) is 1.91. The Morgan fingerprint density at radius 2 is 1.95 bits per heavy atom. The third kappa shape index (κ3) is 9.00. The lowest BCUT2D eigenvalue weighted by molar-refractivity contribution is 0.129. The third-order valence-electron chi connectivity index (χ3n) is 3.15. The molecular weight excluding hydrogens is 296 g/mol. The first-order valence-corrected chi connectivity index (χ1v) is 9.07. The number of unbranched alkanes of at least 4 members (excludes halogenated alkanes) is 1. The van der Waals surface area contributed by atoms with Crippen molar-refractivity contribution in [1.29, 1.82) is 0 Å². The van der Waals surface area contributed by atoms with Crippen LogP contribution in [-0.4, -0.2) is 44.3 Å². The average molecular weight is 327 g/mol. The summed E-state index contributed by atoms with van der Waals surface area (Å²) in [5.41, 5.74) is 1.12. The molecule has 0 bridgehead atoms. The second kappa shape index (κ2) is 12.4. The van der Waals surface area contributed by atoms with Crippen molar-refractivity contribution >= 4 is 17.3 Å². The number of aliphatic imine (C=N–C) groups is 1. The molecule has 0 spiro atoms. The molecule has 0 radical (unpaired) electrons. The first-order valence-electron chi connectivity index (χ1n) is 8.19. The van der Waals surface area contributed by atoms with Crippen LogP contribution in [0.1, 0.15) is 43.3 Å². The van der Waals surface area contributed by atoms with Crippen molar-refractivity contribution in [3.05, 3.63) is 16.1 Å². The maximum absolute atomic E-state index is 5.53. The molecule has 0 aliphatic heterocycles.